The standard InChI is InChI=1S/C13H15ClF3N3/c14-10-5-11(20-12(19-10)13(15,16)17)18-6-9-4-7-1-2-8(9)3-7/h5,7-9H,1-4,6H2,(H,18,19,20). The predicted molar refractivity (Wildman–Crippen MR) is 69.5 cm³/mol. The van der Waals surface area contributed by atoms with Crippen LogP contribution in [0.15, 0.2) is 6.07 Å². The van der Waals surface area contributed by atoms with Crippen LogP contribution in [0.1, 0.15) is 31.5 Å². The van der Waals surface area contributed by atoms with Crippen LogP contribution in [0, 0.1) is 17.8 Å². The van der Waals surface area contributed by atoms with E-state index in [9.17, 15) is 13.2 Å². The molecule has 1 aromatic rings. The van der Waals surface area contributed by atoms with E-state index in [1.807, 2.05) is 0 Å². The van der Waals surface area contributed by atoms with Crippen molar-refractivity contribution in [2.45, 2.75) is 31.9 Å². The fourth-order valence-corrected chi connectivity index (χ4v) is 3.68. The molecule has 1 N–H and O–H groups in total. The Morgan fingerprint density at radius 2 is 2.05 bits per heavy atom. The van der Waals surface area contributed by atoms with Crippen LogP contribution < -0.4 is 5.32 Å². The molecule has 20 heavy (non-hydrogen) atoms. The highest BCUT2D eigenvalue weighted by Gasteiger charge is 2.39. The number of nitrogens with one attached hydrogen (secondary N) is 1. The van der Waals surface area contributed by atoms with Gasteiger partial charge < -0.3 is 5.32 Å². The number of hydrogen-bond acceptors (Lipinski definition) is 3. The molecule has 0 aliphatic heterocycles. The lowest BCUT2D eigenvalue weighted by atomic mass is 9.89. The first-order valence-corrected chi connectivity index (χ1v) is 7.15. The second kappa shape index (κ2) is 5.06. The van der Waals surface area contributed by atoms with Crippen molar-refractivity contribution < 1.29 is 13.2 Å². The molecule has 0 amide bonds. The van der Waals surface area contributed by atoms with E-state index in [0.717, 1.165) is 5.92 Å². The Morgan fingerprint density at radius 1 is 1.25 bits per heavy atom. The third kappa shape index (κ3) is 2.85. The Kier molecular flexibility index (Phi) is 3.52. The van der Waals surface area contributed by atoms with E-state index in [2.05, 4.69) is 15.3 Å². The minimum Gasteiger partial charge on any atom is -0.370 e. The van der Waals surface area contributed by atoms with Crippen molar-refractivity contribution in [3.05, 3.63) is 17.0 Å². The van der Waals surface area contributed by atoms with Gasteiger partial charge in [0.2, 0.25) is 5.82 Å². The molecule has 110 valence electrons. The molecule has 0 spiro atoms. The molecule has 1 aromatic heterocycles. The van der Waals surface area contributed by atoms with Gasteiger partial charge in [-0.15, -0.1) is 0 Å². The predicted octanol–water partition coefficient (Wildman–Crippen LogP) is 4.00. The molecule has 1 heterocycles. The molecular weight excluding hydrogens is 291 g/mol. The summed E-state index contributed by atoms with van der Waals surface area (Å²) in [6.07, 6.45) is 0.412. The average Bonchev–Trinajstić information content (AvgIpc) is 2.96. The molecule has 2 fully saturated rings. The minimum absolute atomic E-state index is 0.153. The smallest absolute Gasteiger partial charge is 0.370 e. The second-order valence-electron chi connectivity index (χ2n) is 5.71. The number of rotatable bonds is 3. The topological polar surface area (TPSA) is 37.8 Å². The van der Waals surface area contributed by atoms with Gasteiger partial charge in [-0.05, 0) is 37.0 Å². The highest BCUT2D eigenvalue weighted by atomic mass is 35.5. The fourth-order valence-electron chi connectivity index (χ4n) is 3.50. The first kappa shape index (κ1) is 13.9. The zero-order chi connectivity index (χ0) is 14.3. The van der Waals surface area contributed by atoms with Crippen LogP contribution in [0.4, 0.5) is 19.0 Å². The molecule has 2 saturated carbocycles. The molecule has 3 atom stereocenters. The van der Waals surface area contributed by atoms with Crippen LogP contribution >= 0.6 is 11.6 Å². The maximum Gasteiger partial charge on any atom is 0.451 e. The molecule has 3 rings (SSSR count). The van der Waals surface area contributed by atoms with Gasteiger partial charge in [0, 0.05) is 12.6 Å². The Bertz CT molecular complexity index is 506. The third-order valence-corrected chi connectivity index (χ3v) is 4.57. The lowest BCUT2D eigenvalue weighted by Crippen LogP contribution is -2.21. The molecule has 0 aromatic carbocycles. The number of hydrogen-bond donors (Lipinski definition) is 1. The summed E-state index contributed by atoms with van der Waals surface area (Å²) in [5.74, 6) is 1.02. The summed E-state index contributed by atoms with van der Waals surface area (Å²) in [5.41, 5.74) is 0. The highest BCUT2D eigenvalue weighted by molar-refractivity contribution is 6.29. The summed E-state index contributed by atoms with van der Waals surface area (Å²) in [6.45, 7) is 0.659. The van der Waals surface area contributed by atoms with Gasteiger partial charge in [0.05, 0.1) is 0 Å². The number of aromatic nitrogens is 2. The van der Waals surface area contributed by atoms with E-state index < -0.39 is 12.0 Å². The minimum atomic E-state index is -4.58. The molecule has 2 bridgehead atoms. The normalized spacial score (nSPS) is 28.9. The monoisotopic (exact) mass is 305 g/mol. The van der Waals surface area contributed by atoms with Crippen LogP contribution in [0.2, 0.25) is 5.15 Å². The average molecular weight is 306 g/mol. The molecule has 0 saturated heterocycles. The van der Waals surface area contributed by atoms with E-state index in [1.54, 1.807) is 0 Å². The van der Waals surface area contributed by atoms with Crippen molar-refractivity contribution in [3.8, 4) is 0 Å². The van der Waals surface area contributed by atoms with Gasteiger partial charge in [-0.3, -0.25) is 0 Å². The molecule has 7 heteroatoms. The summed E-state index contributed by atoms with van der Waals surface area (Å²) in [6, 6.07) is 1.34. The molecule has 0 radical (unpaired) electrons. The summed E-state index contributed by atoms with van der Waals surface area (Å²) in [7, 11) is 0. The zero-order valence-electron chi connectivity index (χ0n) is 10.8. The van der Waals surface area contributed by atoms with E-state index in [1.165, 1.54) is 31.7 Å². The van der Waals surface area contributed by atoms with Gasteiger partial charge in [0.15, 0.2) is 0 Å². The van der Waals surface area contributed by atoms with Crippen molar-refractivity contribution in [2.24, 2.45) is 17.8 Å². The largest absolute Gasteiger partial charge is 0.451 e. The summed E-state index contributed by atoms with van der Waals surface area (Å²) in [4.78, 5) is 6.71. The first-order valence-electron chi connectivity index (χ1n) is 6.77. The Balaban J connectivity index is 1.67. The van der Waals surface area contributed by atoms with Gasteiger partial charge in [0.1, 0.15) is 11.0 Å². The van der Waals surface area contributed by atoms with E-state index in [0.29, 0.717) is 18.4 Å². The van der Waals surface area contributed by atoms with Crippen LogP contribution in [-0.2, 0) is 6.18 Å². The maximum absolute atomic E-state index is 12.6. The van der Waals surface area contributed by atoms with Gasteiger partial charge >= 0.3 is 6.18 Å². The summed E-state index contributed by atoms with van der Waals surface area (Å²) < 4.78 is 37.8. The molecule has 3 nitrogen and oxygen atoms in total. The van der Waals surface area contributed by atoms with Crippen LogP contribution in [0.25, 0.3) is 0 Å². The summed E-state index contributed by atoms with van der Waals surface area (Å²) in [5, 5.41) is 2.80. The summed E-state index contributed by atoms with van der Waals surface area (Å²) >= 11 is 5.62. The number of fused-ring (bicyclic) bond motifs is 2. The molecule has 3 unspecified atom stereocenters. The number of halogens is 4. The fraction of sp³-hybridized carbons (Fsp3) is 0.692. The van der Waals surface area contributed by atoms with Crippen LogP contribution in [0.3, 0.4) is 0 Å². The Labute approximate surface area is 119 Å². The van der Waals surface area contributed by atoms with Gasteiger partial charge in [0.25, 0.3) is 0 Å². The second-order valence-corrected chi connectivity index (χ2v) is 6.10. The van der Waals surface area contributed by atoms with Crippen LogP contribution in [0.5, 0.6) is 0 Å². The molecule has 2 aliphatic carbocycles. The number of nitrogens with zero attached hydrogens (tertiary/aromatic N) is 2. The molecule has 2 aliphatic rings. The van der Waals surface area contributed by atoms with Crippen molar-refractivity contribution in [2.75, 3.05) is 11.9 Å². The van der Waals surface area contributed by atoms with Crippen molar-refractivity contribution in [3.63, 3.8) is 0 Å². The van der Waals surface area contributed by atoms with Gasteiger partial charge in [-0.1, -0.05) is 18.0 Å². The SMILES string of the molecule is FC(F)(F)c1nc(Cl)cc(NCC2CC3CCC2C3)n1. The van der Waals surface area contributed by atoms with Crippen LogP contribution in [-0.4, -0.2) is 16.5 Å². The molecular formula is C13H15ClF3N3. The van der Waals surface area contributed by atoms with E-state index in [-0.39, 0.29) is 11.0 Å². The van der Waals surface area contributed by atoms with E-state index in [4.69, 9.17) is 11.6 Å². The van der Waals surface area contributed by atoms with Crippen molar-refractivity contribution in [1.82, 2.24) is 9.97 Å². The van der Waals surface area contributed by atoms with Gasteiger partial charge in [-0.2, -0.15) is 13.2 Å². The van der Waals surface area contributed by atoms with Crippen molar-refractivity contribution >= 4 is 17.4 Å². The Morgan fingerprint density at radius 3 is 2.65 bits per heavy atom. The highest BCUT2D eigenvalue weighted by Crippen LogP contribution is 2.48. The lowest BCUT2D eigenvalue weighted by Gasteiger charge is -2.22. The third-order valence-electron chi connectivity index (χ3n) is 4.38. The van der Waals surface area contributed by atoms with Crippen molar-refractivity contribution in [1.29, 1.82) is 0 Å². The zero-order valence-corrected chi connectivity index (χ0v) is 11.5. The first-order chi connectivity index (χ1) is 9.41. The maximum atomic E-state index is 12.6. The quantitative estimate of drug-likeness (QED) is 0.858. The number of anilines is 1. The van der Waals surface area contributed by atoms with Gasteiger partial charge in [-0.25, -0.2) is 9.97 Å². The number of alkyl halides is 3. The van der Waals surface area contributed by atoms with E-state index >= 15 is 0 Å². The Hall–Kier alpha value is -1.04. The lowest BCUT2D eigenvalue weighted by molar-refractivity contribution is -0.144.